The maximum Gasteiger partial charge on any atom is 0.311 e. The number of carbonyl (C=O) groups is 2. The molecule has 0 unspecified atom stereocenters. The number of Topliss-reactive ketones (excluding diaryl/α,β-unsaturated/α-hetero) is 1. The first-order chi connectivity index (χ1) is 8.56. The number of benzene rings is 1. The smallest absolute Gasteiger partial charge is 0.311 e. The average Bonchev–Trinajstić information content (AvgIpc) is 2.75. The third-order valence-electron chi connectivity index (χ3n) is 2.41. The predicted octanol–water partition coefficient (Wildman–Crippen LogP) is 2.31. The Labute approximate surface area is 103 Å². The molecule has 2 aromatic rings. The summed E-state index contributed by atoms with van der Waals surface area (Å²) < 4.78 is 5.09. The van der Waals surface area contributed by atoms with Gasteiger partial charge in [-0.3, -0.25) is 9.59 Å². The molecule has 5 heteroatoms. The Morgan fingerprint density at radius 3 is 2.72 bits per heavy atom. The van der Waals surface area contributed by atoms with Crippen molar-refractivity contribution in [3.63, 3.8) is 0 Å². The van der Waals surface area contributed by atoms with Gasteiger partial charge in [0.25, 0.3) is 0 Å². The molecule has 18 heavy (non-hydrogen) atoms. The molecule has 0 fully saturated rings. The number of nitrogens with zero attached hydrogens (tertiary/aromatic N) is 1. The Morgan fingerprint density at radius 2 is 2.11 bits per heavy atom. The summed E-state index contributed by atoms with van der Waals surface area (Å²) in [6.07, 6.45) is -0.515. The minimum atomic E-state index is -1.14. The highest BCUT2D eigenvalue weighted by atomic mass is 16.5. The molecule has 0 spiro atoms. The van der Waals surface area contributed by atoms with Crippen LogP contribution in [0.3, 0.4) is 0 Å². The van der Waals surface area contributed by atoms with Crippen molar-refractivity contribution in [1.82, 2.24) is 5.16 Å². The van der Waals surface area contributed by atoms with Gasteiger partial charge in [0.1, 0.15) is 6.42 Å². The van der Waals surface area contributed by atoms with E-state index in [1.54, 1.807) is 37.3 Å². The molecule has 1 N–H and O–H groups in total. The van der Waals surface area contributed by atoms with Crippen molar-refractivity contribution in [3.8, 4) is 11.3 Å². The summed E-state index contributed by atoms with van der Waals surface area (Å²) in [4.78, 5) is 22.1. The standard InChI is InChI=1S/C13H11NO4/c1-8-5-12(18-14-8)10-4-2-3-9(6-10)11(15)7-13(16)17/h2-6H,7H2,1H3,(H,16,17). The Balaban J connectivity index is 2.30. The molecule has 1 heterocycles. The van der Waals surface area contributed by atoms with E-state index in [-0.39, 0.29) is 0 Å². The summed E-state index contributed by atoms with van der Waals surface area (Å²) in [5.41, 5.74) is 1.79. The van der Waals surface area contributed by atoms with Crippen molar-refractivity contribution < 1.29 is 19.2 Å². The van der Waals surface area contributed by atoms with E-state index in [9.17, 15) is 9.59 Å². The summed E-state index contributed by atoms with van der Waals surface area (Å²) in [7, 11) is 0. The third-order valence-corrected chi connectivity index (χ3v) is 2.41. The number of carboxylic acids is 1. The van der Waals surface area contributed by atoms with Crippen molar-refractivity contribution in [2.75, 3.05) is 0 Å². The summed E-state index contributed by atoms with van der Waals surface area (Å²) in [5, 5.41) is 12.3. The van der Waals surface area contributed by atoms with E-state index in [0.717, 1.165) is 5.69 Å². The van der Waals surface area contributed by atoms with Crippen LogP contribution in [-0.4, -0.2) is 22.0 Å². The molecule has 0 saturated carbocycles. The molecule has 0 aliphatic carbocycles. The summed E-state index contributed by atoms with van der Waals surface area (Å²) in [6, 6.07) is 8.39. The van der Waals surface area contributed by atoms with Crippen molar-refractivity contribution in [2.45, 2.75) is 13.3 Å². The van der Waals surface area contributed by atoms with Crippen LogP contribution < -0.4 is 0 Å². The zero-order chi connectivity index (χ0) is 13.1. The Bertz CT molecular complexity index is 601. The number of ketones is 1. The van der Waals surface area contributed by atoms with Crippen molar-refractivity contribution in [2.24, 2.45) is 0 Å². The second-order valence-corrected chi connectivity index (χ2v) is 3.91. The molecular weight excluding hydrogens is 234 g/mol. The van der Waals surface area contributed by atoms with Crippen LogP contribution in [0, 0.1) is 6.92 Å². The fraction of sp³-hybridized carbons (Fsp3) is 0.154. The number of aromatic nitrogens is 1. The van der Waals surface area contributed by atoms with Gasteiger partial charge >= 0.3 is 5.97 Å². The van der Waals surface area contributed by atoms with Gasteiger partial charge in [0.15, 0.2) is 11.5 Å². The highest BCUT2D eigenvalue weighted by Crippen LogP contribution is 2.21. The zero-order valence-electron chi connectivity index (χ0n) is 9.71. The van der Waals surface area contributed by atoms with Gasteiger partial charge in [-0.15, -0.1) is 0 Å². The number of aliphatic carboxylic acids is 1. The molecule has 0 radical (unpaired) electrons. The van der Waals surface area contributed by atoms with Gasteiger partial charge < -0.3 is 9.63 Å². The monoisotopic (exact) mass is 245 g/mol. The molecule has 0 aliphatic heterocycles. The molecule has 0 saturated heterocycles. The number of carbonyl (C=O) groups excluding carboxylic acids is 1. The Morgan fingerprint density at radius 1 is 1.33 bits per heavy atom. The van der Waals surface area contributed by atoms with E-state index in [4.69, 9.17) is 9.63 Å². The molecule has 2 rings (SSSR count). The molecule has 5 nitrogen and oxygen atoms in total. The zero-order valence-corrected chi connectivity index (χ0v) is 9.71. The van der Waals surface area contributed by atoms with Crippen LogP contribution >= 0.6 is 0 Å². The van der Waals surface area contributed by atoms with Gasteiger partial charge in [0, 0.05) is 17.2 Å². The SMILES string of the molecule is Cc1cc(-c2cccc(C(=O)CC(=O)O)c2)on1. The van der Waals surface area contributed by atoms with Crippen LogP contribution in [0.15, 0.2) is 34.9 Å². The van der Waals surface area contributed by atoms with E-state index in [0.29, 0.717) is 16.9 Å². The molecule has 92 valence electrons. The van der Waals surface area contributed by atoms with Crippen molar-refractivity contribution >= 4 is 11.8 Å². The maximum absolute atomic E-state index is 11.6. The van der Waals surface area contributed by atoms with Gasteiger partial charge in [-0.05, 0) is 13.0 Å². The molecule has 0 bridgehead atoms. The van der Waals surface area contributed by atoms with Gasteiger partial charge in [-0.25, -0.2) is 0 Å². The molecule has 0 aliphatic rings. The van der Waals surface area contributed by atoms with Crippen LogP contribution in [0.2, 0.25) is 0 Å². The van der Waals surface area contributed by atoms with Crippen LogP contribution in [0.25, 0.3) is 11.3 Å². The fourth-order valence-corrected chi connectivity index (χ4v) is 1.58. The second kappa shape index (κ2) is 4.83. The van der Waals surface area contributed by atoms with E-state index < -0.39 is 18.2 Å². The average molecular weight is 245 g/mol. The topological polar surface area (TPSA) is 80.4 Å². The Hall–Kier alpha value is -2.43. The summed E-state index contributed by atoms with van der Waals surface area (Å²) in [5.74, 6) is -1.01. The number of carboxylic acid groups (broad SMARTS) is 1. The minimum Gasteiger partial charge on any atom is -0.481 e. The van der Waals surface area contributed by atoms with Crippen LogP contribution in [-0.2, 0) is 4.79 Å². The lowest BCUT2D eigenvalue weighted by atomic mass is 10.0. The molecule has 1 aromatic carbocycles. The first-order valence-electron chi connectivity index (χ1n) is 5.35. The predicted molar refractivity (Wildman–Crippen MR) is 63.3 cm³/mol. The van der Waals surface area contributed by atoms with E-state index in [2.05, 4.69) is 5.16 Å². The second-order valence-electron chi connectivity index (χ2n) is 3.91. The first kappa shape index (κ1) is 12.0. The normalized spacial score (nSPS) is 10.3. The molecule has 0 atom stereocenters. The molecule has 0 amide bonds. The third kappa shape index (κ3) is 2.63. The van der Waals surface area contributed by atoms with Gasteiger partial charge in [0.05, 0.1) is 5.69 Å². The first-order valence-corrected chi connectivity index (χ1v) is 5.35. The van der Waals surface area contributed by atoms with Crippen molar-refractivity contribution in [1.29, 1.82) is 0 Å². The quantitative estimate of drug-likeness (QED) is 0.660. The number of hydrogen-bond acceptors (Lipinski definition) is 4. The van der Waals surface area contributed by atoms with Crippen LogP contribution in [0.1, 0.15) is 22.5 Å². The van der Waals surface area contributed by atoms with Gasteiger partial charge in [-0.1, -0.05) is 23.4 Å². The maximum atomic E-state index is 11.6. The lowest BCUT2D eigenvalue weighted by Gasteiger charge is -2.00. The highest BCUT2D eigenvalue weighted by molar-refractivity contribution is 6.05. The van der Waals surface area contributed by atoms with E-state index in [1.807, 2.05) is 0 Å². The largest absolute Gasteiger partial charge is 0.481 e. The lowest BCUT2D eigenvalue weighted by molar-refractivity contribution is -0.135. The van der Waals surface area contributed by atoms with Gasteiger partial charge in [-0.2, -0.15) is 0 Å². The highest BCUT2D eigenvalue weighted by Gasteiger charge is 2.12. The van der Waals surface area contributed by atoms with Gasteiger partial charge in [0.2, 0.25) is 0 Å². The minimum absolute atomic E-state index is 0.351. The van der Waals surface area contributed by atoms with E-state index in [1.165, 1.54) is 0 Å². The lowest BCUT2D eigenvalue weighted by Crippen LogP contribution is -2.06. The number of rotatable bonds is 4. The molecular formula is C13H11NO4. The van der Waals surface area contributed by atoms with Crippen LogP contribution in [0.4, 0.5) is 0 Å². The van der Waals surface area contributed by atoms with Crippen LogP contribution in [0.5, 0.6) is 0 Å². The van der Waals surface area contributed by atoms with Crippen molar-refractivity contribution in [3.05, 3.63) is 41.6 Å². The number of aryl methyl sites for hydroxylation is 1. The summed E-state index contributed by atoms with van der Waals surface area (Å²) in [6.45, 7) is 1.80. The Kier molecular flexibility index (Phi) is 3.23. The summed E-state index contributed by atoms with van der Waals surface area (Å²) >= 11 is 0. The molecule has 1 aromatic heterocycles. The fourth-order valence-electron chi connectivity index (χ4n) is 1.58. The number of hydrogen-bond donors (Lipinski definition) is 1. The van der Waals surface area contributed by atoms with E-state index >= 15 is 0 Å².